The van der Waals surface area contributed by atoms with E-state index in [0.29, 0.717) is 6.42 Å². The third-order valence-corrected chi connectivity index (χ3v) is 2.68. The van der Waals surface area contributed by atoms with Gasteiger partial charge in [-0.3, -0.25) is 10.1 Å². The second-order valence-electron chi connectivity index (χ2n) is 3.06. The molecule has 0 bridgehead atoms. The van der Waals surface area contributed by atoms with Crippen molar-refractivity contribution in [3.63, 3.8) is 0 Å². The highest BCUT2D eigenvalue weighted by Gasteiger charge is 2.36. The molecule has 0 aliphatic heterocycles. The largest absolute Gasteiger partial charge is 0.324 e. The van der Waals surface area contributed by atoms with Crippen LogP contribution in [0.3, 0.4) is 0 Å². The minimum absolute atomic E-state index is 0.0274. The van der Waals surface area contributed by atoms with Crippen LogP contribution in [-0.2, 0) is 6.42 Å². The molecule has 72 valence electrons. The van der Waals surface area contributed by atoms with Crippen LogP contribution in [0.1, 0.15) is 11.9 Å². The van der Waals surface area contributed by atoms with Gasteiger partial charge in [-0.05, 0) is 0 Å². The summed E-state index contributed by atoms with van der Waals surface area (Å²) in [7, 11) is 0. The molecule has 1 rings (SSSR count). The monoisotopic (exact) mass is 201 g/mol. The van der Waals surface area contributed by atoms with E-state index in [9.17, 15) is 10.1 Å². The molecule has 13 heavy (non-hydrogen) atoms. The standard InChI is InChI=1S/C7H11N3O2S/c1-7(5-8,10(11)12)4-6-9-2-3-13-6/h2-3H,4-5,8H2,1H3. The first-order valence-electron chi connectivity index (χ1n) is 3.81. The lowest BCUT2D eigenvalue weighted by molar-refractivity contribution is -0.561. The SMILES string of the molecule is CC(CN)(Cc1nccs1)[N+](=O)[O-]. The summed E-state index contributed by atoms with van der Waals surface area (Å²) in [6.07, 6.45) is 1.94. The molecule has 0 saturated heterocycles. The van der Waals surface area contributed by atoms with Crippen molar-refractivity contribution >= 4 is 11.3 Å². The molecular weight excluding hydrogens is 190 g/mol. The summed E-state index contributed by atoms with van der Waals surface area (Å²) >= 11 is 1.41. The van der Waals surface area contributed by atoms with E-state index < -0.39 is 5.54 Å². The third-order valence-electron chi connectivity index (χ3n) is 1.90. The second kappa shape index (κ2) is 3.80. The highest BCUT2D eigenvalue weighted by Crippen LogP contribution is 2.17. The Balaban J connectivity index is 2.75. The van der Waals surface area contributed by atoms with Gasteiger partial charge in [-0.15, -0.1) is 11.3 Å². The van der Waals surface area contributed by atoms with Crippen molar-refractivity contribution in [2.75, 3.05) is 6.54 Å². The zero-order valence-electron chi connectivity index (χ0n) is 7.27. The van der Waals surface area contributed by atoms with Gasteiger partial charge >= 0.3 is 0 Å². The maximum absolute atomic E-state index is 10.7. The molecular formula is C7H11N3O2S. The molecule has 1 aromatic rings. The van der Waals surface area contributed by atoms with Crippen molar-refractivity contribution in [1.82, 2.24) is 4.98 Å². The average Bonchev–Trinajstić information content (AvgIpc) is 2.56. The Morgan fingerprint density at radius 3 is 2.92 bits per heavy atom. The summed E-state index contributed by atoms with van der Waals surface area (Å²) in [4.78, 5) is 14.3. The van der Waals surface area contributed by atoms with Gasteiger partial charge in [0.15, 0.2) is 0 Å². The normalized spacial score (nSPS) is 15.2. The van der Waals surface area contributed by atoms with Gasteiger partial charge in [0, 0.05) is 23.4 Å². The van der Waals surface area contributed by atoms with E-state index in [-0.39, 0.29) is 11.5 Å². The van der Waals surface area contributed by atoms with Crippen LogP contribution in [0.25, 0.3) is 0 Å². The van der Waals surface area contributed by atoms with Crippen molar-refractivity contribution in [3.8, 4) is 0 Å². The molecule has 0 aliphatic carbocycles. The molecule has 5 nitrogen and oxygen atoms in total. The van der Waals surface area contributed by atoms with Crippen molar-refractivity contribution < 1.29 is 4.92 Å². The molecule has 1 unspecified atom stereocenters. The first kappa shape index (κ1) is 10.1. The predicted octanol–water partition coefficient (Wildman–Crippen LogP) is 0.680. The molecule has 1 heterocycles. The number of nitrogens with two attached hydrogens (primary N) is 1. The molecule has 2 N–H and O–H groups in total. The molecule has 1 atom stereocenters. The van der Waals surface area contributed by atoms with E-state index in [1.165, 1.54) is 18.3 Å². The number of hydrogen-bond donors (Lipinski definition) is 1. The molecule has 0 aliphatic rings. The Bertz CT molecular complexity index is 288. The Hall–Kier alpha value is -1.01. The van der Waals surface area contributed by atoms with Crippen LogP contribution in [-0.4, -0.2) is 22.0 Å². The van der Waals surface area contributed by atoms with E-state index in [4.69, 9.17) is 5.73 Å². The molecule has 0 radical (unpaired) electrons. The highest BCUT2D eigenvalue weighted by atomic mass is 32.1. The fourth-order valence-electron chi connectivity index (χ4n) is 0.877. The quantitative estimate of drug-likeness (QED) is 0.573. The van der Waals surface area contributed by atoms with Gasteiger partial charge in [-0.1, -0.05) is 0 Å². The molecule has 0 fully saturated rings. The third kappa shape index (κ3) is 2.22. The molecule has 6 heteroatoms. The smallest absolute Gasteiger partial charge is 0.237 e. The van der Waals surface area contributed by atoms with Gasteiger partial charge in [0.25, 0.3) is 0 Å². The van der Waals surface area contributed by atoms with E-state index in [0.717, 1.165) is 5.01 Å². The van der Waals surface area contributed by atoms with Gasteiger partial charge in [-0.25, -0.2) is 4.98 Å². The van der Waals surface area contributed by atoms with E-state index in [1.807, 2.05) is 0 Å². The average molecular weight is 201 g/mol. The summed E-state index contributed by atoms with van der Waals surface area (Å²) in [5.74, 6) is 0. The topological polar surface area (TPSA) is 82.0 Å². The van der Waals surface area contributed by atoms with Crippen LogP contribution in [0.15, 0.2) is 11.6 Å². The first-order chi connectivity index (χ1) is 6.08. The maximum Gasteiger partial charge on any atom is 0.237 e. The Labute approximate surface area is 79.7 Å². The van der Waals surface area contributed by atoms with Crippen LogP contribution in [0, 0.1) is 10.1 Å². The van der Waals surface area contributed by atoms with E-state index in [1.54, 1.807) is 11.6 Å². The molecule has 0 amide bonds. The zero-order chi connectivity index (χ0) is 9.90. The number of nitrogens with zero attached hydrogens (tertiary/aromatic N) is 2. The predicted molar refractivity (Wildman–Crippen MR) is 50.3 cm³/mol. The Kier molecular flexibility index (Phi) is 2.94. The van der Waals surface area contributed by atoms with E-state index >= 15 is 0 Å². The molecule has 0 saturated carbocycles. The molecule has 0 aromatic carbocycles. The van der Waals surface area contributed by atoms with Crippen LogP contribution >= 0.6 is 11.3 Å². The first-order valence-corrected chi connectivity index (χ1v) is 4.69. The van der Waals surface area contributed by atoms with Crippen LogP contribution in [0.2, 0.25) is 0 Å². The van der Waals surface area contributed by atoms with Crippen LogP contribution < -0.4 is 5.73 Å². The molecule has 0 spiro atoms. The summed E-state index contributed by atoms with van der Waals surface area (Å²) in [5.41, 5.74) is 4.27. The van der Waals surface area contributed by atoms with Crippen molar-refractivity contribution in [1.29, 1.82) is 0 Å². The van der Waals surface area contributed by atoms with Crippen LogP contribution in [0.5, 0.6) is 0 Å². The van der Waals surface area contributed by atoms with Gasteiger partial charge in [0.2, 0.25) is 5.54 Å². The maximum atomic E-state index is 10.7. The number of thiazole rings is 1. The Morgan fingerprint density at radius 2 is 2.54 bits per heavy atom. The number of nitro groups is 1. The number of rotatable bonds is 4. The lowest BCUT2D eigenvalue weighted by atomic mass is 10.00. The van der Waals surface area contributed by atoms with Gasteiger partial charge in [-0.2, -0.15) is 0 Å². The van der Waals surface area contributed by atoms with Crippen molar-refractivity contribution in [2.45, 2.75) is 18.9 Å². The molecule has 1 aromatic heterocycles. The van der Waals surface area contributed by atoms with Gasteiger partial charge in [0.1, 0.15) is 0 Å². The fraction of sp³-hybridized carbons (Fsp3) is 0.571. The lowest BCUT2D eigenvalue weighted by Gasteiger charge is -2.16. The summed E-state index contributed by atoms with van der Waals surface area (Å²) in [6, 6.07) is 0. The number of aromatic nitrogens is 1. The van der Waals surface area contributed by atoms with Crippen molar-refractivity contribution in [2.24, 2.45) is 5.73 Å². The van der Waals surface area contributed by atoms with Crippen molar-refractivity contribution in [3.05, 3.63) is 26.7 Å². The minimum atomic E-state index is -1.09. The highest BCUT2D eigenvalue weighted by molar-refractivity contribution is 7.09. The fourth-order valence-corrected chi connectivity index (χ4v) is 1.67. The van der Waals surface area contributed by atoms with Crippen LogP contribution in [0.4, 0.5) is 0 Å². The summed E-state index contributed by atoms with van der Waals surface area (Å²) in [6.45, 7) is 1.56. The Morgan fingerprint density at radius 1 is 1.85 bits per heavy atom. The second-order valence-corrected chi connectivity index (χ2v) is 4.04. The number of hydrogen-bond acceptors (Lipinski definition) is 5. The summed E-state index contributed by atoms with van der Waals surface area (Å²) < 4.78 is 0. The summed E-state index contributed by atoms with van der Waals surface area (Å²) in [5, 5.41) is 13.2. The zero-order valence-corrected chi connectivity index (χ0v) is 8.08. The van der Waals surface area contributed by atoms with Gasteiger partial charge in [0.05, 0.1) is 18.0 Å². The minimum Gasteiger partial charge on any atom is -0.324 e. The lowest BCUT2D eigenvalue weighted by Crippen LogP contribution is -2.44. The van der Waals surface area contributed by atoms with Gasteiger partial charge < -0.3 is 5.73 Å². The van der Waals surface area contributed by atoms with E-state index in [2.05, 4.69) is 4.98 Å².